The molecule has 1 amide bonds. The molecule has 0 spiro atoms. The van der Waals surface area contributed by atoms with Gasteiger partial charge in [-0.1, -0.05) is 19.3 Å². The normalized spacial score (nSPS) is 15.7. The average molecular weight is 292 g/mol. The molecule has 2 rings (SSSR count). The summed E-state index contributed by atoms with van der Waals surface area (Å²) in [7, 11) is 1.54. The van der Waals surface area contributed by atoms with E-state index in [1.165, 1.54) is 12.5 Å². The second-order valence-corrected chi connectivity index (χ2v) is 5.46. The Morgan fingerprint density at radius 2 is 2.10 bits per heavy atom. The molecule has 0 aliphatic heterocycles. The minimum absolute atomic E-state index is 0.0152. The highest BCUT2D eigenvalue weighted by Crippen LogP contribution is 2.28. The number of methoxy groups -OCH3 is 1. The number of aromatic hydroxyl groups is 1. The lowest BCUT2D eigenvalue weighted by atomic mass is 9.93. The molecular formula is C16H24N2O3. The van der Waals surface area contributed by atoms with Gasteiger partial charge in [0.1, 0.15) is 11.5 Å². The van der Waals surface area contributed by atoms with E-state index in [0.717, 1.165) is 25.7 Å². The molecule has 0 radical (unpaired) electrons. The summed E-state index contributed by atoms with van der Waals surface area (Å²) in [5.41, 5.74) is 5.95. The Kier molecular flexibility index (Phi) is 5.44. The van der Waals surface area contributed by atoms with Crippen LogP contribution >= 0.6 is 0 Å². The Morgan fingerprint density at radius 3 is 2.71 bits per heavy atom. The molecular weight excluding hydrogens is 268 g/mol. The Hall–Kier alpha value is -1.75. The van der Waals surface area contributed by atoms with Crippen molar-refractivity contribution in [2.24, 2.45) is 5.73 Å². The first-order chi connectivity index (χ1) is 10.2. The fourth-order valence-electron chi connectivity index (χ4n) is 2.95. The smallest absolute Gasteiger partial charge is 0.258 e. The predicted octanol–water partition coefficient (Wildman–Crippen LogP) is 2.13. The van der Waals surface area contributed by atoms with Crippen molar-refractivity contribution in [3.05, 3.63) is 23.8 Å². The van der Waals surface area contributed by atoms with Crippen molar-refractivity contribution in [3.8, 4) is 11.5 Å². The van der Waals surface area contributed by atoms with E-state index in [1.54, 1.807) is 19.2 Å². The Bertz CT molecular complexity index is 484. The maximum Gasteiger partial charge on any atom is 0.258 e. The van der Waals surface area contributed by atoms with Gasteiger partial charge in [-0.25, -0.2) is 0 Å². The molecule has 5 nitrogen and oxygen atoms in total. The third-order valence-corrected chi connectivity index (χ3v) is 4.08. The van der Waals surface area contributed by atoms with E-state index in [1.807, 2.05) is 4.90 Å². The number of phenols is 1. The molecule has 1 fully saturated rings. The standard InChI is InChI=1S/C16H24N2O3/c1-21-13-7-8-15(19)14(11-13)16(20)18(10-9-17)12-5-3-2-4-6-12/h7-8,11-12,19H,2-6,9-10,17H2,1H3. The summed E-state index contributed by atoms with van der Waals surface area (Å²) in [4.78, 5) is 14.6. The van der Waals surface area contributed by atoms with Gasteiger partial charge in [0.25, 0.3) is 5.91 Å². The lowest BCUT2D eigenvalue weighted by Gasteiger charge is -2.34. The van der Waals surface area contributed by atoms with E-state index in [-0.39, 0.29) is 23.3 Å². The van der Waals surface area contributed by atoms with E-state index >= 15 is 0 Å². The molecule has 1 saturated carbocycles. The fraction of sp³-hybridized carbons (Fsp3) is 0.562. The Balaban J connectivity index is 2.24. The highest BCUT2D eigenvalue weighted by molar-refractivity contribution is 5.97. The van der Waals surface area contributed by atoms with Crippen LogP contribution in [-0.4, -0.2) is 42.2 Å². The van der Waals surface area contributed by atoms with Gasteiger partial charge in [-0.3, -0.25) is 4.79 Å². The van der Waals surface area contributed by atoms with Gasteiger partial charge >= 0.3 is 0 Å². The van der Waals surface area contributed by atoms with Crippen molar-refractivity contribution in [1.82, 2.24) is 4.90 Å². The maximum absolute atomic E-state index is 12.8. The van der Waals surface area contributed by atoms with Crippen LogP contribution in [0.1, 0.15) is 42.5 Å². The molecule has 0 heterocycles. The SMILES string of the molecule is COc1ccc(O)c(C(=O)N(CCN)C2CCCCC2)c1. The summed E-state index contributed by atoms with van der Waals surface area (Å²) in [6.45, 7) is 0.938. The van der Waals surface area contributed by atoms with Crippen molar-refractivity contribution >= 4 is 5.91 Å². The number of benzene rings is 1. The number of hydrogen-bond acceptors (Lipinski definition) is 4. The zero-order chi connectivity index (χ0) is 15.2. The number of nitrogens with two attached hydrogens (primary N) is 1. The van der Waals surface area contributed by atoms with Crippen LogP contribution in [-0.2, 0) is 0 Å². The minimum atomic E-state index is -0.163. The molecule has 0 aromatic heterocycles. The van der Waals surface area contributed by atoms with Gasteiger partial charge < -0.3 is 20.5 Å². The second-order valence-electron chi connectivity index (χ2n) is 5.46. The van der Waals surface area contributed by atoms with Gasteiger partial charge in [0.2, 0.25) is 0 Å². The molecule has 0 unspecified atom stereocenters. The average Bonchev–Trinajstić information content (AvgIpc) is 2.53. The summed E-state index contributed by atoms with van der Waals surface area (Å²) in [6, 6.07) is 4.94. The minimum Gasteiger partial charge on any atom is -0.507 e. The van der Waals surface area contributed by atoms with E-state index in [0.29, 0.717) is 18.8 Å². The summed E-state index contributed by atoms with van der Waals surface area (Å²) in [5, 5.41) is 9.98. The van der Waals surface area contributed by atoms with Crippen molar-refractivity contribution in [3.63, 3.8) is 0 Å². The van der Waals surface area contributed by atoms with E-state index in [2.05, 4.69) is 0 Å². The number of hydrogen-bond donors (Lipinski definition) is 2. The lowest BCUT2D eigenvalue weighted by molar-refractivity contribution is 0.0638. The van der Waals surface area contributed by atoms with Gasteiger partial charge in [0.05, 0.1) is 12.7 Å². The van der Waals surface area contributed by atoms with Crippen LogP contribution in [0.4, 0.5) is 0 Å². The van der Waals surface area contributed by atoms with Crippen molar-refractivity contribution in [1.29, 1.82) is 0 Å². The van der Waals surface area contributed by atoms with Crippen LogP contribution in [0, 0.1) is 0 Å². The van der Waals surface area contributed by atoms with Crippen molar-refractivity contribution < 1.29 is 14.6 Å². The highest BCUT2D eigenvalue weighted by atomic mass is 16.5. The number of carbonyl (C=O) groups is 1. The Morgan fingerprint density at radius 1 is 1.38 bits per heavy atom. The van der Waals surface area contributed by atoms with Crippen LogP contribution in [0.15, 0.2) is 18.2 Å². The number of nitrogens with zero attached hydrogens (tertiary/aromatic N) is 1. The third-order valence-electron chi connectivity index (χ3n) is 4.08. The summed E-state index contributed by atoms with van der Waals surface area (Å²) in [5.74, 6) is 0.384. The van der Waals surface area contributed by atoms with Crippen LogP contribution in [0.2, 0.25) is 0 Å². The number of ether oxygens (including phenoxy) is 1. The fourth-order valence-corrected chi connectivity index (χ4v) is 2.95. The van der Waals surface area contributed by atoms with Crippen LogP contribution in [0.5, 0.6) is 11.5 Å². The summed E-state index contributed by atoms with van der Waals surface area (Å²) in [6.07, 6.45) is 5.53. The number of carbonyl (C=O) groups excluding carboxylic acids is 1. The topological polar surface area (TPSA) is 75.8 Å². The quantitative estimate of drug-likeness (QED) is 0.871. The van der Waals surface area contributed by atoms with Gasteiger partial charge in [-0.2, -0.15) is 0 Å². The van der Waals surface area contributed by atoms with E-state index in [9.17, 15) is 9.90 Å². The molecule has 5 heteroatoms. The van der Waals surface area contributed by atoms with Gasteiger partial charge in [0.15, 0.2) is 0 Å². The van der Waals surface area contributed by atoms with E-state index < -0.39 is 0 Å². The van der Waals surface area contributed by atoms with Crippen LogP contribution in [0.25, 0.3) is 0 Å². The van der Waals surface area contributed by atoms with Crippen molar-refractivity contribution in [2.45, 2.75) is 38.1 Å². The third kappa shape index (κ3) is 3.67. The molecule has 0 bridgehead atoms. The molecule has 1 aromatic carbocycles. The lowest BCUT2D eigenvalue weighted by Crippen LogP contribution is -2.44. The molecule has 1 aliphatic rings. The Labute approximate surface area is 125 Å². The molecule has 0 atom stereocenters. The first-order valence-corrected chi connectivity index (χ1v) is 7.55. The zero-order valence-electron chi connectivity index (χ0n) is 12.5. The summed E-state index contributed by atoms with van der Waals surface area (Å²) >= 11 is 0. The number of phenolic OH excluding ortho intramolecular Hbond substituents is 1. The van der Waals surface area contributed by atoms with Gasteiger partial charge in [-0.05, 0) is 31.0 Å². The zero-order valence-corrected chi connectivity index (χ0v) is 12.5. The molecule has 0 saturated heterocycles. The largest absolute Gasteiger partial charge is 0.507 e. The van der Waals surface area contributed by atoms with Crippen LogP contribution in [0.3, 0.4) is 0 Å². The molecule has 21 heavy (non-hydrogen) atoms. The molecule has 116 valence electrons. The molecule has 3 N–H and O–H groups in total. The highest BCUT2D eigenvalue weighted by Gasteiger charge is 2.27. The maximum atomic E-state index is 12.8. The number of amides is 1. The summed E-state index contributed by atoms with van der Waals surface area (Å²) < 4.78 is 5.14. The predicted molar refractivity (Wildman–Crippen MR) is 81.6 cm³/mol. The molecule has 1 aliphatic carbocycles. The monoisotopic (exact) mass is 292 g/mol. The molecule has 1 aromatic rings. The van der Waals surface area contributed by atoms with E-state index in [4.69, 9.17) is 10.5 Å². The van der Waals surface area contributed by atoms with Gasteiger partial charge in [-0.15, -0.1) is 0 Å². The van der Waals surface area contributed by atoms with Gasteiger partial charge in [0, 0.05) is 19.1 Å². The van der Waals surface area contributed by atoms with Crippen LogP contribution < -0.4 is 10.5 Å². The first kappa shape index (κ1) is 15.6. The first-order valence-electron chi connectivity index (χ1n) is 7.55. The van der Waals surface area contributed by atoms with Crippen molar-refractivity contribution in [2.75, 3.05) is 20.2 Å². The number of rotatable bonds is 5. The second kappa shape index (κ2) is 7.31.